The molecule has 1 aromatic heterocycles. The number of ether oxygens (including phenoxy) is 1. The minimum atomic E-state index is 0.629. The van der Waals surface area contributed by atoms with E-state index in [4.69, 9.17) is 10.1 Å². The number of hydrogen-bond acceptors (Lipinski definition) is 3. The molecule has 1 N–H and O–H groups in total. The third-order valence-electron chi connectivity index (χ3n) is 2.12. The van der Waals surface area contributed by atoms with E-state index >= 15 is 0 Å². The Balaban J connectivity index is 2.04. The Morgan fingerprint density at radius 1 is 1.46 bits per heavy atom. The highest BCUT2D eigenvalue weighted by molar-refractivity contribution is 7.08. The highest BCUT2D eigenvalue weighted by Gasteiger charge is 2.14. The summed E-state index contributed by atoms with van der Waals surface area (Å²) in [5.74, 6) is 0.629. The largest absolute Gasteiger partial charge is 0.378 e. The van der Waals surface area contributed by atoms with Gasteiger partial charge in [0, 0.05) is 24.0 Å². The molecule has 1 fully saturated rings. The van der Waals surface area contributed by atoms with Gasteiger partial charge in [0.05, 0.1) is 13.2 Å². The van der Waals surface area contributed by atoms with Gasteiger partial charge in [-0.3, -0.25) is 5.41 Å². The molecule has 70 valence electrons. The van der Waals surface area contributed by atoms with E-state index in [0.717, 1.165) is 31.9 Å². The number of morpholine rings is 1. The lowest BCUT2D eigenvalue weighted by atomic mass is 10.2. The maximum absolute atomic E-state index is 7.92. The number of amidine groups is 1. The van der Waals surface area contributed by atoms with Gasteiger partial charge in [0.25, 0.3) is 0 Å². The van der Waals surface area contributed by atoms with Gasteiger partial charge < -0.3 is 9.64 Å². The average molecular weight is 196 g/mol. The van der Waals surface area contributed by atoms with Crippen LogP contribution in [0.2, 0.25) is 0 Å². The van der Waals surface area contributed by atoms with Crippen LogP contribution < -0.4 is 0 Å². The molecular formula is C9H12N2OS. The van der Waals surface area contributed by atoms with Gasteiger partial charge in [-0.25, -0.2) is 0 Å². The molecule has 4 heteroatoms. The lowest BCUT2D eigenvalue weighted by Gasteiger charge is -2.28. The standard InChI is InChI=1S/C9H12N2OS/c10-9(8-1-6-13-7-8)11-2-4-12-5-3-11/h1,6-7,10H,2-5H2. The van der Waals surface area contributed by atoms with E-state index in [1.807, 2.05) is 16.8 Å². The molecule has 1 saturated heterocycles. The Bertz CT molecular complexity index is 278. The zero-order chi connectivity index (χ0) is 9.10. The maximum Gasteiger partial charge on any atom is 0.129 e. The summed E-state index contributed by atoms with van der Waals surface area (Å²) < 4.78 is 5.23. The third kappa shape index (κ3) is 1.89. The van der Waals surface area contributed by atoms with Crippen LogP contribution in [0.1, 0.15) is 5.56 Å². The number of nitrogens with zero attached hydrogens (tertiary/aromatic N) is 1. The normalized spacial score (nSPS) is 17.4. The van der Waals surface area contributed by atoms with E-state index in [1.54, 1.807) is 11.3 Å². The molecule has 0 saturated carbocycles. The minimum Gasteiger partial charge on any atom is -0.378 e. The first-order valence-corrected chi connectivity index (χ1v) is 5.26. The third-order valence-corrected chi connectivity index (χ3v) is 2.81. The van der Waals surface area contributed by atoms with Gasteiger partial charge in [-0.1, -0.05) is 0 Å². The molecule has 0 aliphatic carbocycles. The Kier molecular flexibility index (Phi) is 2.61. The van der Waals surface area contributed by atoms with Crippen molar-refractivity contribution < 1.29 is 4.74 Å². The number of nitrogens with one attached hydrogen (secondary N) is 1. The summed E-state index contributed by atoms with van der Waals surface area (Å²) in [6.45, 7) is 3.17. The van der Waals surface area contributed by atoms with Crippen LogP contribution in [0, 0.1) is 5.41 Å². The summed E-state index contributed by atoms with van der Waals surface area (Å²) in [5, 5.41) is 11.9. The zero-order valence-electron chi connectivity index (χ0n) is 7.32. The van der Waals surface area contributed by atoms with Crippen molar-refractivity contribution in [1.29, 1.82) is 5.41 Å². The van der Waals surface area contributed by atoms with Crippen LogP contribution in [0.3, 0.4) is 0 Å². The van der Waals surface area contributed by atoms with Crippen molar-refractivity contribution in [1.82, 2.24) is 4.90 Å². The fraction of sp³-hybridized carbons (Fsp3) is 0.444. The molecule has 1 aliphatic heterocycles. The summed E-state index contributed by atoms with van der Waals surface area (Å²) >= 11 is 1.63. The molecule has 13 heavy (non-hydrogen) atoms. The second kappa shape index (κ2) is 3.89. The Labute approximate surface area is 81.4 Å². The number of rotatable bonds is 1. The van der Waals surface area contributed by atoms with Crippen molar-refractivity contribution in [3.63, 3.8) is 0 Å². The molecule has 0 amide bonds. The molecule has 0 radical (unpaired) electrons. The fourth-order valence-electron chi connectivity index (χ4n) is 1.37. The summed E-state index contributed by atoms with van der Waals surface area (Å²) in [7, 11) is 0. The van der Waals surface area contributed by atoms with Crippen LogP contribution in [0.4, 0.5) is 0 Å². The molecule has 0 atom stereocenters. The molecule has 2 heterocycles. The average Bonchev–Trinajstić information content (AvgIpc) is 2.71. The SMILES string of the molecule is N=C(c1ccsc1)N1CCOCC1. The van der Waals surface area contributed by atoms with Crippen LogP contribution in [0.15, 0.2) is 16.8 Å². The first-order valence-electron chi connectivity index (χ1n) is 4.32. The molecule has 0 spiro atoms. The first kappa shape index (κ1) is 8.72. The molecule has 3 nitrogen and oxygen atoms in total. The van der Waals surface area contributed by atoms with Crippen LogP contribution in [-0.2, 0) is 4.74 Å². The lowest BCUT2D eigenvalue weighted by molar-refractivity contribution is 0.0680. The second-order valence-electron chi connectivity index (χ2n) is 2.96. The molecule has 0 bridgehead atoms. The van der Waals surface area contributed by atoms with Crippen molar-refractivity contribution >= 4 is 17.2 Å². The predicted molar refractivity (Wildman–Crippen MR) is 53.5 cm³/mol. The van der Waals surface area contributed by atoms with E-state index in [0.29, 0.717) is 5.84 Å². The van der Waals surface area contributed by atoms with Gasteiger partial charge in [-0.05, 0) is 11.4 Å². The van der Waals surface area contributed by atoms with Crippen LogP contribution in [0.25, 0.3) is 0 Å². The summed E-state index contributed by atoms with van der Waals surface area (Å²) in [5.41, 5.74) is 1.02. The molecule has 0 unspecified atom stereocenters. The minimum absolute atomic E-state index is 0.629. The lowest BCUT2D eigenvalue weighted by Crippen LogP contribution is -2.40. The Hall–Kier alpha value is -0.870. The van der Waals surface area contributed by atoms with E-state index in [-0.39, 0.29) is 0 Å². The zero-order valence-corrected chi connectivity index (χ0v) is 8.14. The molecule has 1 aliphatic rings. The van der Waals surface area contributed by atoms with E-state index in [9.17, 15) is 0 Å². The summed E-state index contributed by atoms with van der Waals surface area (Å²) in [4.78, 5) is 2.06. The van der Waals surface area contributed by atoms with Crippen molar-refractivity contribution in [3.8, 4) is 0 Å². The topological polar surface area (TPSA) is 36.3 Å². The number of hydrogen-bond donors (Lipinski definition) is 1. The van der Waals surface area contributed by atoms with Crippen molar-refractivity contribution in [3.05, 3.63) is 22.4 Å². The van der Waals surface area contributed by atoms with Crippen molar-refractivity contribution in [2.24, 2.45) is 0 Å². The van der Waals surface area contributed by atoms with Gasteiger partial charge >= 0.3 is 0 Å². The van der Waals surface area contributed by atoms with Gasteiger partial charge in [-0.2, -0.15) is 11.3 Å². The van der Waals surface area contributed by atoms with E-state index in [1.165, 1.54) is 0 Å². The fourth-order valence-corrected chi connectivity index (χ4v) is 2.01. The van der Waals surface area contributed by atoms with Crippen LogP contribution in [0.5, 0.6) is 0 Å². The Morgan fingerprint density at radius 3 is 2.85 bits per heavy atom. The predicted octanol–water partition coefficient (Wildman–Crippen LogP) is 1.41. The second-order valence-corrected chi connectivity index (χ2v) is 3.74. The van der Waals surface area contributed by atoms with Gasteiger partial charge in [0.2, 0.25) is 0 Å². The first-order chi connectivity index (χ1) is 6.38. The molecular weight excluding hydrogens is 184 g/mol. The van der Waals surface area contributed by atoms with E-state index in [2.05, 4.69) is 4.90 Å². The van der Waals surface area contributed by atoms with Gasteiger partial charge in [0.15, 0.2) is 0 Å². The highest BCUT2D eigenvalue weighted by Crippen LogP contribution is 2.10. The monoisotopic (exact) mass is 196 g/mol. The van der Waals surface area contributed by atoms with Crippen LogP contribution >= 0.6 is 11.3 Å². The van der Waals surface area contributed by atoms with Gasteiger partial charge in [0.1, 0.15) is 5.84 Å². The summed E-state index contributed by atoms with van der Waals surface area (Å²) in [6, 6.07) is 1.99. The van der Waals surface area contributed by atoms with Crippen molar-refractivity contribution in [2.75, 3.05) is 26.3 Å². The highest BCUT2D eigenvalue weighted by atomic mass is 32.1. The molecule has 0 aromatic carbocycles. The van der Waals surface area contributed by atoms with Crippen molar-refractivity contribution in [2.45, 2.75) is 0 Å². The molecule has 2 rings (SSSR count). The van der Waals surface area contributed by atoms with Crippen LogP contribution in [-0.4, -0.2) is 37.0 Å². The van der Waals surface area contributed by atoms with E-state index < -0.39 is 0 Å². The Morgan fingerprint density at radius 2 is 2.23 bits per heavy atom. The quantitative estimate of drug-likeness (QED) is 0.544. The maximum atomic E-state index is 7.92. The number of thiophene rings is 1. The molecule has 1 aromatic rings. The smallest absolute Gasteiger partial charge is 0.129 e. The van der Waals surface area contributed by atoms with Gasteiger partial charge in [-0.15, -0.1) is 0 Å². The summed E-state index contributed by atoms with van der Waals surface area (Å²) in [6.07, 6.45) is 0.